The van der Waals surface area contributed by atoms with Crippen LogP contribution >= 0.6 is 11.3 Å². The van der Waals surface area contributed by atoms with Crippen LogP contribution in [0.25, 0.3) is 0 Å². The summed E-state index contributed by atoms with van der Waals surface area (Å²) in [4.78, 5) is 14.1. The molecular formula is C15H23NO2S. The van der Waals surface area contributed by atoms with Crippen LogP contribution in [0.2, 0.25) is 0 Å². The summed E-state index contributed by atoms with van der Waals surface area (Å²) in [5.74, 6) is -0.0456. The molecule has 1 aromatic rings. The normalized spacial score (nSPS) is 17.6. The van der Waals surface area contributed by atoms with Crippen LogP contribution < -0.4 is 5.32 Å². The zero-order valence-electron chi connectivity index (χ0n) is 11.8. The maximum atomic E-state index is 12.1. The Kier molecular flexibility index (Phi) is 4.63. The Balaban J connectivity index is 1.94. The van der Waals surface area contributed by atoms with E-state index in [0.29, 0.717) is 6.54 Å². The molecule has 1 aliphatic carbocycles. The molecule has 1 saturated carbocycles. The molecule has 1 heterocycles. The third-order valence-electron chi connectivity index (χ3n) is 3.88. The Hall–Kier alpha value is -0.870. The molecule has 106 valence electrons. The van der Waals surface area contributed by atoms with Gasteiger partial charge in [-0.3, -0.25) is 4.79 Å². The van der Waals surface area contributed by atoms with Crippen molar-refractivity contribution in [2.45, 2.75) is 58.0 Å². The van der Waals surface area contributed by atoms with Gasteiger partial charge in [0.1, 0.15) is 0 Å². The fourth-order valence-electron chi connectivity index (χ4n) is 2.69. The van der Waals surface area contributed by atoms with Crippen molar-refractivity contribution in [1.29, 1.82) is 0 Å². The quantitative estimate of drug-likeness (QED) is 0.871. The maximum Gasteiger partial charge on any atom is 0.261 e. The average molecular weight is 281 g/mol. The number of thiophene rings is 1. The van der Waals surface area contributed by atoms with Crippen LogP contribution in [-0.4, -0.2) is 23.2 Å². The Morgan fingerprint density at radius 1 is 1.47 bits per heavy atom. The fraction of sp³-hybridized carbons (Fsp3) is 0.667. The van der Waals surface area contributed by atoms with E-state index in [-0.39, 0.29) is 5.91 Å². The number of carbonyl (C=O) groups excluding carboxylic acids is 1. The van der Waals surface area contributed by atoms with E-state index in [1.165, 1.54) is 10.4 Å². The van der Waals surface area contributed by atoms with Crippen molar-refractivity contribution in [2.75, 3.05) is 6.54 Å². The van der Waals surface area contributed by atoms with Gasteiger partial charge in [0, 0.05) is 11.4 Å². The van der Waals surface area contributed by atoms with E-state index < -0.39 is 5.60 Å². The second kappa shape index (κ2) is 6.06. The number of rotatable bonds is 5. The fourth-order valence-corrected chi connectivity index (χ4v) is 3.68. The molecule has 1 fully saturated rings. The minimum absolute atomic E-state index is 0.0456. The van der Waals surface area contributed by atoms with Gasteiger partial charge in [0.2, 0.25) is 0 Å². The molecule has 1 aliphatic rings. The predicted octanol–water partition coefficient (Wildman–Crippen LogP) is 3.04. The zero-order chi connectivity index (χ0) is 13.9. The third-order valence-corrected chi connectivity index (χ3v) is 4.97. The summed E-state index contributed by atoms with van der Waals surface area (Å²) in [5, 5.41) is 13.1. The molecule has 4 heteroatoms. The summed E-state index contributed by atoms with van der Waals surface area (Å²) >= 11 is 1.55. The summed E-state index contributed by atoms with van der Waals surface area (Å²) in [6.07, 6.45) is 5.85. The number of amides is 1. The highest BCUT2D eigenvalue weighted by molar-refractivity contribution is 7.14. The van der Waals surface area contributed by atoms with Crippen LogP contribution in [0, 0.1) is 6.92 Å². The monoisotopic (exact) mass is 281 g/mol. The molecule has 0 atom stereocenters. The number of nitrogens with one attached hydrogen (secondary N) is 1. The van der Waals surface area contributed by atoms with Gasteiger partial charge in [-0.15, -0.1) is 11.3 Å². The molecule has 0 radical (unpaired) electrons. The molecule has 2 rings (SSSR count). The zero-order valence-corrected chi connectivity index (χ0v) is 12.6. The Morgan fingerprint density at radius 3 is 2.79 bits per heavy atom. The van der Waals surface area contributed by atoms with Crippen molar-refractivity contribution < 1.29 is 9.90 Å². The first-order chi connectivity index (χ1) is 9.04. The van der Waals surface area contributed by atoms with E-state index in [1.54, 1.807) is 11.3 Å². The molecule has 0 saturated heterocycles. The first-order valence-electron chi connectivity index (χ1n) is 7.14. The molecular weight excluding hydrogens is 258 g/mol. The van der Waals surface area contributed by atoms with Gasteiger partial charge in [0.05, 0.1) is 10.5 Å². The van der Waals surface area contributed by atoms with Gasteiger partial charge in [0.25, 0.3) is 5.91 Å². The highest BCUT2D eigenvalue weighted by atomic mass is 32.1. The summed E-state index contributed by atoms with van der Waals surface area (Å²) in [7, 11) is 0. The van der Waals surface area contributed by atoms with Gasteiger partial charge in [-0.1, -0.05) is 26.2 Å². The van der Waals surface area contributed by atoms with Crippen molar-refractivity contribution >= 4 is 17.2 Å². The van der Waals surface area contributed by atoms with E-state index >= 15 is 0 Å². The van der Waals surface area contributed by atoms with Gasteiger partial charge in [-0.05, 0) is 37.8 Å². The maximum absolute atomic E-state index is 12.1. The third kappa shape index (κ3) is 3.57. The van der Waals surface area contributed by atoms with Crippen molar-refractivity contribution in [3.63, 3.8) is 0 Å². The molecule has 3 nitrogen and oxygen atoms in total. The highest BCUT2D eigenvalue weighted by Crippen LogP contribution is 2.29. The van der Waals surface area contributed by atoms with Crippen LogP contribution in [-0.2, 0) is 6.42 Å². The number of aryl methyl sites for hydroxylation is 2. The summed E-state index contributed by atoms with van der Waals surface area (Å²) in [6.45, 7) is 4.59. The summed E-state index contributed by atoms with van der Waals surface area (Å²) in [6, 6.07) is 2.00. The van der Waals surface area contributed by atoms with E-state index in [1.807, 2.05) is 6.07 Å². The molecule has 1 aromatic heterocycles. The molecule has 2 N–H and O–H groups in total. The number of hydrogen-bond donors (Lipinski definition) is 2. The first kappa shape index (κ1) is 14.5. The lowest BCUT2D eigenvalue weighted by molar-refractivity contribution is 0.0450. The minimum Gasteiger partial charge on any atom is -0.388 e. The predicted molar refractivity (Wildman–Crippen MR) is 78.8 cm³/mol. The largest absolute Gasteiger partial charge is 0.388 e. The Labute approximate surface area is 119 Å². The SMILES string of the molecule is CCCc1cc(C(=O)NCC2(O)CCCC2)sc1C. The second-order valence-electron chi connectivity index (χ2n) is 5.56. The Bertz CT molecular complexity index is 447. The van der Waals surface area contributed by atoms with Crippen molar-refractivity contribution in [2.24, 2.45) is 0 Å². The van der Waals surface area contributed by atoms with Gasteiger partial charge in [-0.25, -0.2) is 0 Å². The lowest BCUT2D eigenvalue weighted by Gasteiger charge is -2.22. The summed E-state index contributed by atoms with van der Waals surface area (Å²) in [5.41, 5.74) is 0.603. The van der Waals surface area contributed by atoms with Crippen LogP contribution in [0.15, 0.2) is 6.07 Å². The van der Waals surface area contributed by atoms with Gasteiger partial charge < -0.3 is 10.4 Å². The Morgan fingerprint density at radius 2 is 2.16 bits per heavy atom. The smallest absolute Gasteiger partial charge is 0.261 e. The molecule has 0 spiro atoms. The second-order valence-corrected chi connectivity index (χ2v) is 6.81. The number of hydrogen-bond acceptors (Lipinski definition) is 3. The molecule has 0 bridgehead atoms. The van der Waals surface area contributed by atoms with Gasteiger partial charge >= 0.3 is 0 Å². The molecule has 19 heavy (non-hydrogen) atoms. The highest BCUT2D eigenvalue weighted by Gasteiger charge is 2.31. The lowest BCUT2D eigenvalue weighted by atomic mass is 10.0. The number of carbonyl (C=O) groups is 1. The van der Waals surface area contributed by atoms with Gasteiger partial charge in [0.15, 0.2) is 0 Å². The first-order valence-corrected chi connectivity index (χ1v) is 7.95. The van der Waals surface area contributed by atoms with Crippen molar-refractivity contribution in [3.8, 4) is 0 Å². The lowest BCUT2D eigenvalue weighted by Crippen LogP contribution is -2.40. The van der Waals surface area contributed by atoms with E-state index in [0.717, 1.165) is 43.4 Å². The van der Waals surface area contributed by atoms with Crippen molar-refractivity contribution in [3.05, 3.63) is 21.4 Å². The standard InChI is InChI=1S/C15H23NO2S/c1-3-6-12-9-13(19-11(12)2)14(17)16-10-15(18)7-4-5-8-15/h9,18H,3-8,10H2,1-2H3,(H,16,17). The molecule has 0 unspecified atom stereocenters. The average Bonchev–Trinajstić information content (AvgIpc) is 2.95. The van der Waals surface area contributed by atoms with Gasteiger partial charge in [-0.2, -0.15) is 0 Å². The minimum atomic E-state index is -0.672. The molecule has 0 aromatic carbocycles. The number of aliphatic hydroxyl groups is 1. The van der Waals surface area contributed by atoms with E-state index in [2.05, 4.69) is 19.2 Å². The summed E-state index contributed by atoms with van der Waals surface area (Å²) < 4.78 is 0. The topological polar surface area (TPSA) is 49.3 Å². The molecule has 1 amide bonds. The van der Waals surface area contributed by atoms with Crippen LogP contribution in [0.1, 0.15) is 59.1 Å². The van der Waals surface area contributed by atoms with Crippen LogP contribution in [0.4, 0.5) is 0 Å². The van der Waals surface area contributed by atoms with Crippen LogP contribution in [0.5, 0.6) is 0 Å². The van der Waals surface area contributed by atoms with E-state index in [4.69, 9.17) is 0 Å². The van der Waals surface area contributed by atoms with Crippen molar-refractivity contribution in [1.82, 2.24) is 5.32 Å². The van der Waals surface area contributed by atoms with E-state index in [9.17, 15) is 9.90 Å². The van der Waals surface area contributed by atoms with Crippen LogP contribution in [0.3, 0.4) is 0 Å². The molecule has 0 aliphatic heterocycles.